The van der Waals surface area contributed by atoms with E-state index in [1.54, 1.807) is 6.20 Å². The van der Waals surface area contributed by atoms with Gasteiger partial charge in [0.25, 0.3) is 5.91 Å². The molecule has 2 aromatic heterocycles. The van der Waals surface area contributed by atoms with Gasteiger partial charge in [-0.05, 0) is 29.3 Å². The zero-order valence-corrected chi connectivity index (χ0v) is 15.1. The molecule has 6 heteroatoms. The molecule has 1 atom stereocenters. The summed E-state index contributed by atoms with van der Waals surface area (Å²) >= 11 is 3.47. The lowest BCUT2D eigenvalue weighted by atomic mass is 9.90. The number of carbonyl (C=O) groups excluding carboxylic acids is 1. The van der Waals surface area contributed by atoms with Gasteiger partial charge in [-0.3, -0.25) is 4.79 Å². The molecule has 2 aromatic carbocycles. The molecule has 0 spiro atoms. The number of nitrogens with one attached hydrogen (secondary N) is 2. The van der Waals surface area contributed by atoms with Crippen LogP contribution in [0, 0.1) is 0 Å². The minimum atomic E-state index is -0.277. The third-order valence-electron chi connectivity index (χ3n) is 4.76. The number of halogens is 1. The second-order valence-corrected chi connectivity index (χ2v) is 7.15. The highest BCUT2D eigenvalue weighted by atomic mass is 79.9. The van der Waals surface area contributed by atoms with Crippen LogP contribution in [-0.2, 0) is 0 Å². The third-order valence-corrected chi connectivity index (χ3v) is 5.28. The maximum Gasteiger partial charge on any atom is 0.252 e. The van der Waals surface area contributed by atoms with Gasteiger partial charge in [-0.1, -0.05) is 46.3 Å². The largest absolute Gasteiger partial charge is 0.344 e. The molecule has 0 saturated carbocycles. The van der Waals surface area contributed by atoms with Crippen LogP contribution in [0.25, 0.3) is 22.2 Å². The first-order valence-electron chi connectivity index (χ1n) is 8.21. The van der Waals surface area contributed by atoms with Gasteiger partial charge in [0.1, 0.15) is 0 Å². The van der Waals surface area contributed by atoms with Crippen LogP contribution < -0.4 is 5.32 Å². The van der Waals surface area contributed by atoms with Gasteiger partial charge < -0.3 is 10.3 Å². The average molecular weight is 405 g/mol. The Morgan fingerprint density at radius 3 is 2.54 bits per heavy atom. The Labute approximate surface area is 157 Å². The van der Waals surface area contributed by atoms with Gasteiger partial charge in [0.2, 0.25) is 0 Å². The minimum absolute atomic E-state index is 0.106. The third kappa shape index (κ3) is 2.26. The number of rotatable bonds is 1. The number of aromatic amines is 1. The molecule has 5 rings (SSSR count). The van der Waals surface area contributed by atoms with Crippen molar-refractivity contribution in [1.29, 1.82) is 0 Å². The van der Waals surface area contributed by atoms with E-state index in [2.05, 4.69) is 36.4 Å². The Kier molecular flexibility index (Phi) is 3.39. The summed E-state index contributed by atoms with van der Waals surface area (Å²) < 4.78 is 0.995. The quantitative estimate of drug-likeness (QED) is 0.498. The van der Waals surface area contributed by atoms with Crippen LogP contribution in [0.1, 0.15) is 27.5 Å². The Balaban J connectivity index is 1.84. The van der Waals surface area contributed by atoms with Crippen molar-refractivity contribution in [2.45, 2.75) is 6.04 Å². The number of hydrogen-bond acceptors (Lipinski definition) is 3. The van der Waals surface area contributed by atoms with E-state index >= 15 is 0 Å². The topological polar surface area (TPSA) is 70.7 Å². The summed E-state index contributed by atoms with van der Waals surface area (Å²) in [6.45, 7) is 0. The summed E-state index contributed by atoms with van der Waals surface area (Å²) in [5, 5.41) is 12.5. The first-order chi connectivity index (χ1) is 12.7. The fourth-order valence-electron chi connectivity index (χ4n) is 3.55. The lowest BCUT2D eigenvalue weighted by Crippen LogP contribution is -2.30. The Morgan fingerprint density at radius 2 is 1.73 bits per heavy atom. The van der Waals surface area contributed by atoms with Crippen LogP contribution in [0.4, 0.5) is 0 Å². The summed E-state index contributed by atoms with van der Waals surface area (Å²) in [5.41, 5.74) is 5.11. The molecule has 1 aliphatic rings. The molecule has 4 aromatic rings. The van der Waals surface area contributed by atoms with Crippen LogP contribution in [0.5, 0.6) is 0 Å². The first-order valence-corrected chi connectivity index (χ1v) is 9.00. The van der Waals surface area contributed by atoms with Crippen LogP contribution in [-0.4, -0.2) is 21.1 Å². The van der Waals surface area contributed by atoms with Gasteiger partial charge in [-0.25, -0.2) is 0 Å². The van der Waals surface area contributed by atoms with Crippen molar-refractivity contribution < 1.29 is 4.79 Å². The molecule has 126 valence electrons. The van der Waals surface area contributed by atoms with Gasteiger partial charge in [0.05, 0.1) is 12.2 Å². The van der Waals surface area contributed by atoms with E-state index in [0.717, 1.165) is 32.1 Å². The van der Waals surface area contributed by atoms with Gasteiger partial charge >= 0.3 is 0 Å². The van der Waals surface area contributed by atoms with Crippen molar-refractivity contribution in [2.75, 3.05) is 0 Å². The number of amides is 1. The maximum absolute atomic E-state index is 13.0. The number of H-pyrrole nitrogens is 1. The summed E-state index contributed by atoms with van der Waals surface area (Å²) in [5.74, 6) is -0.106. The zero-order chi connectivity index (χ0) is 17.7. The Morgan fingerprint density at radius 1 is 0.962 bits per heavy atom. The van der Waals surface area contributed by atoms with Gasteiger partial charge in [-0.2, -0.15) is 5.10 Å². The van der Waals surface area contributed by atoms with Gasteiger partial charge in [-0.15, -0.1) is 5.10 Å². The number of fused-ring (bicyclic) bond motifs is 2. The van der Waals surface area contributed by atoms with Gasteiger partial charge in [0, 0.05) is 32.7 Å². The molecule has 26 heavy (non-hydrogen) atoms. The SMILES string of the molecule is O=C1NC(c2ccc(Br)cc2)c2c[nH]c3nncc(c23)-c2ccccc21. The number of benzene rings is 2. The average Bonchev–Trinajstić information content (AvgIpc) is 3.10. The molecule has 1 aliphatic heterocycles. The van der Waals surface area contributed by atoms with Crippen molar-refractivity contribution in [3.63, 3.8) is 0 Å². The monoisotopic (exact) mass is 404 g/mol. The summed E-state index contributed by atoms with van der Waals surface area (Å²) in [7, 11) is 0. The van der Waals surface area contributed by atoms with Crippen LogP contribution in [0.15, 0.2) is 65.4 Å². The highest BCUT2D eigenvalue weighted by Crippen LogP contribution is 2.38. The molecule has 1 unspecified atom stereocenters. The molecule has 2 N–H and O–H groups in total. The highest BCUT2D eigenvalue weighted by molar-refractivity contribution is 9.10. The number of nitrogens with zero attached hydrogens (tertiary/aromatic N) is 2. The summed E-state index contributed by atoms with van der Waals surface area (Å²) in [6.07, 6.45) is 3.64. The normalized spacial score (nSPS) is 15.9. The molecule has 5 nitrogen and oxygen atoms in total. The van der Waals surface area contributed by atoms with Gasteiger partial charge in [0.15, 0.2) is 5.65 Å². The van der Waals surface area contributed by atoms with E-state index in [4.69, 9.17) is 0 Å². The van der Waals surface area contributed by atoms with Crippen molar-refractivity contribution >= 4 is 32.9 Å². The van der Waals surface area contributed by atoms with Crippen molar-refractivity contribution in [3.05, 3.63) is 82.1 Å². The molecule has 1 amide bonds. The molecular weight excluding hydrogens is 392 g/mol. The Bertz CT molecular complexity index is 1150. The smallest absolute Gasteiger partial charge is 0.252 e. The predicted molar refractivity (Wildman–Crippen MR) is 103 cm³/mol. The molecule has 0 fully saturated rings. The zero-order valence-electron chi connectivity index (χ0n) is 13.5. The van der Waals surface area contributed by atoms with Crippen LogP contribution in [0.2, 0.25) is 0 Å². The van der Waals surface area contributed by atoms with E-state index in [9.17, 15) is 4.79 Å². The van der Waals surface area contributed by atoms with Crippen molar-refractivity contribution in [1.82, 2.24) is 20.5 Å². The molecule has 0 radical (unpaired) electrons. The fourth-order valence-corrected chi connectivity index (χ4v) is 3.81. The first kappa shape index (κ1) is 15.3. The van der Waals surface area contributed by atoms with Crippen LogP contribution >= 0.6 is 15.9 Å². The fraction of sp³-hybridized carbons (Fsp3) is 0.0500. The van der Waals surface area contributed by atoms with Crippen molar-refractivity contribution in [3.8, 4) is 11.1 Å². The van der Waals surface area contributed by atoms with E-state index in [0.29, 0.717) is 11.2 Å². The predicted octanol–water partition coefficient (Wildman–Crippen LogP) is 4.22. The van der Waals surface area contributed by atoms with E-state index in [1.807, 2.05) is 54.7 Å². The van der Waals surface area contributed by atoms with E-state index in [1.165, 1.54) is 0 Å². The van der Waals surface area contributed by atoms with E-state index < -0.39 is 0 Å². The van der Waals surface area contributed by atoms with Crippen molar-refractivity contribution in [2.24, 2.45) is 0 Å². The molecule has 3 heterocycles. The number of hydrogen-bond donors (Lipinski definition) is 2. The second-order valence-electron chi connectivity index (χ2n) is 6.23. The number of aromatic nitrogens is 3. The molecule has 0 bridgehead atoms. The molecule has 0 aliphatic carbocycles. The van der Waals surface area contributed by atoms with E-state index in [-0.39, 0.29) is 11.9 Å². The summed E-state index contributed by atoms with van der Waals surface area (Å²) in [4.78, 5) is 16.2. The maximum atomic E-state index is 13.0. The molecular formula is C20H13BrN4O. The standard InChI is InChI=1S/C20H13BrN4O/c21-12-7-5-11(6-8-12)18-16-9-22-19-17(16)15(10-23-25-19)13-3-1-2-4-14(13)20(26)24-18/h1-10,18H,(H,22,25)(H,24,26). The summed E-state index contributed by atoms with van der Waals surface area (Å²) in [6, 6.07) is 15.3. The minimum Gasteiger partial charge on any atom is -0.344 e. The van der Waals surface area contributed by atoms with Crippen LogP contribution in [0.3, 0.4) is 0 Å². The lowest BCUT2D eigenvalue weighted by molar-refractivity contribution is 0.0943. The number of carbonyl (C=O) groups is 1. The highest BCUT2D eigenvalue weighted by Gasteiger charge is 2.28. The lowest BCUT2D eigenvalue weighted by Gasteiger charge is -2.23. The Hall–Kier alpha value is -2.99. The molecule has 0 saturated heterocycles. The second kappa shape index (κ2) is 5.78.